The monoisotopic (exact) mass is 434 g/mol. The topological polar surface area (TPSA) is 65.5 Å². The van der Waals surface area contributed by atoms with E-state index in [9.17, 15) is 9.59 Å². The summed E-state index contributed by atoms with van der Waals surface area (Å²) in [6.07, 6.45) is 2.10. The average Bonchev–Trinajstić information content (AvgIpc) is 2.68. The third-order valence-corrected chi connectivity index (χ3v) is 5.30. The van der Waals surface area contributed by atoms with Gasteiger partial charge in [0.2, 0.25) is 5.91 Å². The molecule has 2 aromatic rings. The van der Waals surface area contributed by atoms with Gasteiger partial charge in [-0.1, -0.05) is 37.0 Å². The first-order chi connectivity index (χ1) is 13.8. The molecule has 154 valence electrons. The largest absolute Gasteiger partial charge is 0.366 e. The molecule has 0 bridgehead atoms. The van der Waals surface area contributed by atoms with E-state index in [-0.39, 0.29) is 17.0 Å². The number of amides is 2. The smallest absolute Gasteiger partial charge is 0.258 e. The second-order valence-electron chi connectivity index (χ2n) is 7.42. The van der Waals surface area contributed by atoms with Gasteiger partial charge in [-0.25, -0.2) is 4.98 Å². The highest BCUT2D eigenvalue weighted by atomic mass is 35.5. The van der Waals surface area contributed by atoms with Crippen LogP contribution in [-0.2, 0) is 4.79 Å². The van der Waals surface area contributed by atoms with E-state index in [4.69, 9.17) is 23.2 Å². The van der Waals surface area contributed by atoms with Gasteiger partial charge in [-0.2, -0.15) is 0 Å². The molecule has 1 aliphatic heterocycles. The highest BCUT2D eigenvalue weighted by Gasteiger charge is 2.24. The number of hydrogen-bond acceptors (Lipinski definition) is 4. The van der Waals surface area contributed by atoms with E-state index in [2.05, 4.69) is 15.2 Å². The molecule has 0 spiro atoms. The fraction of sp³-hybridized carbons (Fsp3) is 0.381. The molecule has 1 N–H and O–H groups in total. The summed E-state index contributed by atoms with van der Waals surface area (Å²) in [7, 11) is 0. The van der Waals surface area contributed by atoms with Crippen molar-refractivity contribution in [3.05, 3.63) is 52.3 Å². The zero-order valence-electron chi connectivity index (χ0n) is 16.5. The number of piperazine rings is 1. The molecule has 3 rings (SSSR count). The summed E-state index contributed by atoms with van der Waals surface area (Å²) in [5, 5.41) is 3.56. The Labute approximate surface area is 180 Å². The SMILES string of the molecule is CC(C)CC(=O)N1CCN(c2ccc(Cl)cc2NC(=O)c2cccnc2Cl)CC1. The van der Waals surface area contributed by atoms with Crippen molar-refractivity contribution in [1.29, 1.82) is 0 Å². The number of aromatic nitrogens is 1. The maximum Gasteiger partial charge on any atom is 0.258 e. The van der Waals surface area contributed by atoms with Gasteiger partial charge in [0.1, 0.15) is 5.15 Å². The van der Waals surface area contributed by atoms with Crippen LogP contribution in [0, 0.1) is 5.92 Å². The van der Waals surface area contributed by atoms with E-state index >= 15 is 0 Å². The van der Waals surface area contributed by atoms with E-state index in [1.165, 1.54) is 6.20 Å². The van der Waals surface area contributed by atoms with Crippen LogP contribution in [-0.4, -0.2) is 47.9 Å². The summed E-state index contributed by atoms with van der Waals surface area (Å²) < 4.78 is 0. The predicted molar refractivity (Wildman–Crippen MR) is 117 cm³/mol. The summed E-state index contributed by atoms with van der Waals surface area (Å²) in [6.45, 7) is 6.76. The Balaban J connectivity index is 1.74. The number of rotatable bonds is 5. The number of nitrogens with one attached hydrogen (secondary N) is 1. The van der Waals surface area contributed by atoms with Crippen LogP contribution in [0.15, 0.2) is 36.5 Å². The molecule has 8 heteroatoms. The molecule has 0 saturated carbocycles. The van der Waals surface area contributed by atoms with E-state index in [0.29, 0.717) is 54.8 Å². The molecule has 1 aromatic carbocycles. The lowest BCUT2D eigenvalue weighted by Crippen LogP contribution is -2.49. The van der Waals surface area contributed by atoms with Crippen LogP contribution in [0.25, 0.3) is 0 Å². The van der Waals surface area contributed by atoms with Crippen LogP contribution in [0.4, 0.5) is 11.4 Å². The summed E-state index contributed by atoms with van der Waals surface area (Å²) in [4.78, 5) is 33.0. The molecule has 0 atom stereocenters. The Morgan fingerprint density at radius 1 is 1.14 bits per heavy atom. The lowest BCUT2D eigenvalue weighted by Gasteiger charge is -2.37. The quantitative estimate of drug-likeness (QED) is 0.710. The van der Waals surface area contributed by atoms with Crippen LogP contribution in [0.1, 0.15) is 30.6 Å². The van der Waals surface area contributed by atoms with Gasteiger partial charge < -0.3 is 15.1 Å². The highest BCUT2D eigenvalue weighted by Crippen LogP contribution is 2.31. The first-order valence-corrected chi connectivity index (χ1v) is 10.3. The molecular weight excluding hydrogens is 411 g/mol. The zero-order valence-corrected chi connectivity index (χ0v) is 18.0. The fourth-order valence-corrected chi connectivity index (χ4v) is 3.68. The molecule has 1 aliphatic rings. The number of carbonyl (C=O) groups is 2. The van der Waals surface area contributed by atoms with Crippen LogP contribution in [0.5, 0.6) is 0 Å². The van der Waals surface area contributed by atoms with E-state index in [1.807, 2.05) is 24.8 Å². The number of nitrogens with zero attached hydrogens (tertiary/aromatic N) is 3. The molecule has 2 amide bonds. The van der Waals surface area contributed by atoms with Crippen LogP contribution in [0.2, 0.25) is 10.2 Å². The summed E-state index contributed by atoms with van der Waals surface area (Å²) >= 11 is 12.2. The summed E-state index contributed by atoms with van der Waals surface area (Å²) in [5.41, 5.74) is 1.76. The van der Waals surface area contributed by atoms with Crippen molar-refractivity contribution in [3.63, 3.8) is 0 Å². The Morgan fingerprint density at radius 2 is 1.86 bits per heavy atom. The third-order valence-electron chi connectivity index (χ3n) is 4.77. The van der Waals surface area contributed by atoms with Crippen molar-refractivity contribution in [2.24, 2.45) is 5.92 Å². The second kappa shape index (κ2) is 9.46. The molecule has 1 aromatic heterocycles. The Morgan fingerprint density at radius 3 is 2.52 bits per heavy atom. The molecule has 0 radical (unpaired) electrons. The number of carbonyl (C=O) groups excluding carboxylic acids is 2. The maximum absolute atomic E-state index is 12.7. The van der Waals surface area contributed by atoms with E-state index in [0.717, 1.165) is 5.69 Å². The molecule has 6 nitrogen and oxygen atoms in total. The number of anilines is 2. The fourth-order valence-electron chi connectivity index (χ4n) is 3.30. The number of halogens is 2. The minimum Gasteiger partial charge on any atom is -0.366 e. The maximum atomic E-state index is 12.7. The van der Waals surface area contributed by atoms with E-state index < -0.39 is 0 Å². The predicted octanol–water partition coefficient (Wildman–Crippen LogP) is 4.34. The van der Waals surface area contributed by atoms with Gasteiger partial charge in [0.15, 0.2) is 0 Å². The Hall–Kier alpha value is -2.31. The average molecular weight is 435 g/mol. The highest BCUT2D eigenvalue weighted by molar-refractivity contribution is 6.33. The minimum absolute atomic E-state index is 0.144. The van der Waals surface area contributed by atoms with Crippen molar-refractivity contribution in [1.82, 2.24) is 9.88 Å². The van der Waals surface area contributed by atoms with Crippen LogP contribution < -0.4 is 10.2 Å². The molecule has 2 heterocycles. The minimum atomic E-state index is -0.350. The normalized spacial score (nSPS) is 14.2. The number of benzene rings is 1. The van der Waals surface area contributed by atoms with Gasteiger partial charge in [0.25, 0.3) is 5.91 Å². The Bertz CT molecular complexity index is 896. The molecule has 29 heavy (non-hydrogen) atoms. The van der Waals surface area contributed by atoms with Crippen LogP contribution in [0.3, 0.4) is 0 Å². The van der Waals surface area contributed by atoms with Crippen molar-refractivity contribution in [2.75, 3.05) is 36.4 Å². The lowest BCUT2D eigenvalue weighted by atomic mass is 10.1. The molecule has 1 fully saturated rings. The number of hydrogen-bond donors (Lipinski definition) is 1. The molecule has 1 saturated heterocycles. The van der Waals surface area contributed by atoms with Crippen molar-refractivity contribution in [2.45, 2.75) is 20.3 Å². The molecule has 0 unspecified atom stereocenters. The van der Waals surface area contributed by atoms with Crippen LogP contribution >= 0.6 is 23.2 Å². The van der Waals surface area contributed by atoms with E-state index in [1.54, 1.807) is 24.3 Å². The second-order valence-corrected chi connectivity index (χ2v) is 8.22. The van der Waals surface area contributed by atoms with Gasteiger partial charge in [0.05, 0.1) is 16.9 Å². The van der Waals surface area contributed by atoms with Gasteiger partial charge in [-0.05, 0) is 36.2 Å². The third kappa shape index (κ3) is 5.40. The van der Waals surface area contributed by atoms with Crippen molar-refractivity contribution in [3.8, 4) is 0 Å². The van der Waals surface area contributed by atoms with Gasteiger partial charge in [-0.15, -0.1) is 0 Å². The molecular formula is C21H24Cl2N4O2. The standard InChI is InChI=1S/C21H24Cl2N4O2/c1-14(2)12-19(28)27-10-8-26(9-11-27)18-6-5-15(22)13-17(18)25-21(29)16-4-3-7-24-20(16)23/h3-7,13-14H,8-12H2,1-2H3,(H,25,29). The van der Waals surface area contributed by atoms with Gasteiger partial charge in [-0.3, -0.25) is 9.59 Å². The first-order valence-electron chi connectivity index (χ1n) is 9.59. The molecule has 0 aliphatic carbocycles. The first kappa shape index (κ1) is 21.4. The summed E-state index contributed by atoms with van der Waals surface area (Å²) in [5.74, 6) is 0.186. The Kier molecular flexibility index (Phi) is 6.98. The zero-order chi connectivity index (χ0) is 21.0. The van der Waals surface area contributed by atoms with Gasteiger partial charge >= 0.3 is 0 Å². The summed E-state index contributed by atoms with van der Waals surface area (Å²) in [6, 6.07) is 8.67. The number of pyridine rings is 1. The van der Waals surface area contributed by atoms with Crippen molar-refractivity contribution >= 4 is 46.4 Å². The lowest BCUT2D eigenvalue weighted by molar-refractivity contribution is -0.132. The van der Waals surface area contributed by atoms with Gasteiger partial charge in [0, 0.05) is 43.8 Å². The van der Waals surface area contributed by atoms with Crippen molar-refractivity contribution < 1.29 is 9.59 Å².